The Morgan fingerprint density at radius 2 is 1.87 bits per heavy atom. The van der Waals surface area contributed by atoms with Gasteiger partial charge in [-0.2, -0.15) is 0 Å². The van der Waals surface area contributed by atoms with Crippen LogP contribution in [0.1, 0.15) is 46.0 Å². The molecule has 0 bridgehead atoms. The number of hydrogen-bond acceptors (Lipinski definition) is 6. The van der Waals surface area contributed by atoms with Crippen LogP contribution in [0.15, 0.2) is 0 Å². The molecule has 0 spiro atoms. The van der Waals surface area contributed by atoms with Crippen LogP contribution in [0.2, 0.25) is 0 Å². The first kappa shape index (κ1) is 19.4. The fraction of sp³-hybridized carbons (Fsp3) is 0.800. The highest BCUT2D eigenvalue weighted by Crippen LogP contribution is 2.34. The lowest BCUT2D eigenvalue weighted by Gasteiger charge is -2.32. The Hall–Kier alpha value is -1.67. The lowest BCUT2D eigenvalue weighted by Crippen LogP contribution is -2.55. The second kappa shape index (κ2) is 8.26. The van der Waals surface area contributed by atoms with E-state index in [0.717, 1.165) is 25.7 Å². The first-order valence-electron chi connectivity index (χ1n) is 7.72. The van der Waals surface area contributed by atoms with E-state index >= 15 is 0 Å². The largest absolute Gasteiger partial charge is 0.481 e. The van der Waals surface area contributed by atoms with E-state index in [1.54, 1.807) is 6.92 Å². The van der Waals surface area contributed by atoms with E-state index in [0.29, 0.717) is 0 Å². The number of carbonyl (C=O) groups is 3. The molecule has 1 aliphatic carbocycles. The summed E-state index contributed by atoms with van der Waals surface area (Å²) < 4.78 is 10.7. The maximum absolute atomic E-state index is 12.0. The standard InChI is InChI=1S/C15H26N2O6/c1-9(23-15(2)6-4-5-7-15)12(14(21)22-3)17-13(20)10(16)8-11(18)19/h9-10,12H,4-8,16H2,1-3H3,(H,17,20)(H,18,19)/t9-,10+,12+/m1/s1. The quantitative estimate of drug-likeness (QED) is 0.542. The van der Waals surface area contributed by atoms with Gasteiger partial charge in [-0.25, -0.2) is 4.79 Å². The summed E-state index contributed by atoms with van der Waals surface area (Å²) in [5.41, 5.74) is 5.18. The average molecular weight is 330 g/mol. The van der Waals surface area contributed by atoms with Gasteiger partial charge in [0.1, 0.15) is 0 Å². The Bertz CT molecular complexity index is 447. The molecule has 0 radical (unpaired) electrons. The van der Waals surface area contributed by atoms with Crippen molar-refractivity contribution >= 4 is 17.8 Å². The topological polar surface area (TPSA) is 128 Å². The van der Waals surface area contributed by atoms with Crippen LogP contribution in [0.3, 0.4) is 0 Å². The molecule has 3 atom stereocenters. The molecule has 1 amide bonds. The summed E-state index contributed by atoms with van der Waals surface area (Å²) in [6.45, 7) is 3.65. The maximum atomic E-state index is 12.0. The van der Waals surface area contributed by atoms with E-state index in [2.05, 4.69) is 5.32 Å². The Morgan fingerprint density at radius 1 is 1.30 bits per heavy atom. The number of aliphatic carboxylic acids is 1. The molecule has 0 aromatic rings. The minimum Gasteiger partial charge on any atom is -0.481 e. The molecule has 0 aliphatic heterocycles. The molecule has 0 heterocycles. The van der Waals surface area contributed by atoms with Crippen LogP contribution < -0.4 is 11.1 Å². The van der Waals surface area contributed by atoms with Gasteiger partial charge in [-0.3, -0.25) is 9.59 Å². The zero-order valence-corrected chi connectivity index (χ0v) is 13.8. The molecule has 1 saturated carbocycles. The summed E-state index contributed by atoms with van der Waals surface area (Å²) in [7, 11) is 1.21. The van der Waals surface area contributed by atoms with Gasteiger partial charge >= 0.3 is 11.9 Å². The third-order valence-corrected chi connectivity index (χ3v) is 4.09. The van der Waals surface area contributed by atoms with E-state index in [4.69, 9.17) is 20.3 Å². The molecular formula is C15H26N2O6. The molecule has 0 aromatic heterocycles. The van der Waals surface area contributed by atoms with Crippen molar-refractivity contribution in [3.05, 3.63) is 0 Å². The van der Waals surface area contributed by atoms with E-state index < -0.39 is 42.5 Å². The van der Waals surface area contributed by atoms with Crippen LogP contribution in [-0.2, 0) is 23.9 Å². The van der Waals surface area contributed by atoms with Gasteiger partial charge in [0, 0.05) is 0 Å². The Balaban J connectivity index is 2.73. The lowest BCUT2D eigenvalue weighted by molar-refractivity contribution is -0.155. The molecule has 1 rings (SSSR count). The third-order valence-electron chi connectivity index (χ3n) is 4.09. The van der Waals surface area contributed by atoms with E-state index in [9.17, 15) is 14.4 Å². The van der Waals surface area contributed by atoms with E-state index in [1.807, 2.05) is 6.92 Å². The van der Waals surface area contributed by atoms with Gasteiger partial charge in [0.25, 0.3) is 0 Å². The summed E-state index contributed by atoms with van der Waals surface area (Å²) in [6.07, 6.45) is 2.75. The molecule has 23 heavy (non-hydrogen) atoms. The number of rotatable bonds is 8. The summed E-state index contributed by atoms with van der Waals surface area (Å²) in [4.78, 5) is 34.5. The number of methoxy groups -OCH3 is 1. The van der Waals surface area contributed by atoms with Crippen LogP contribution >= 0.6 is 0 Å². The van der Waals surface area contributed by atoms with Gasteiger partial charge in [0.15, 0.2) is 6.04 Å². The van der Waals surface area contributed by atoms with Crippen molar-refractivity contribution in [2.24, 2.45) is 5.73 Å². The van der Waals surface area contributed by atoms with Crippen LogP contribution in [0.25, 0.3) is 0 Å². The minimum atomic E-state index is -1.24. The van der Waals surface area contributed by atoms with Crippen molar-refractivity contribution in [1.82, 2.24) is 5.32 Å². The SMILES string of the molecule is COC(=O)[C@@H](NC(=O)[C@@H](N)CC(=O)O)[C@@H](C)OC1(C)CCCC1. The first-order valence-corrected chi connectivity index (χ1v) is 7.72. The number of carboxylic acids is 1. The predicted molar refractivity (Wildman–Crippen MR) is 81.6 cm³/mol. The molecule has 0 unspecified atom stereocenters. The summed E-state index contributed by atoms with van der Waals surface area (Å²) in [6, 6.07) is -2.28. The fourth-order valence-electron chi connectivity index (χ4n) is 2.79. The molecule has 1 aliphatic rings. The molecule has 132 valence electrons. The molecule has 8 nitrogen and oxygen atoms in total. The minimum absolute atomic E-state index is 0.334. The zero-order chi connectivity index (χ0) is 17.6. The van der Waals surface area contributed by atoms with Gasteiger partial charge in [-0.1, -0.05) is 12.8 Å². The van der Waals surface area contributed by atoms with Crippen molar-refractivity contribution in [1.29, 1.82) is 0 Å². The summed E-state index contributed by atoms with van der Waals surface area (Å²) in [5.74, 6) is -2.57. The Morgan fingerprint density at radius 3 is 2.35 bits per heavy atom. The maximum Gasteiger partial charge on any atom is 0.331 e. The lowest BCUT2D eigenvalue weighted by atomic mass is 10.0. The predicted octanol–water partition coefficient (Wildman–Crippen LogP) is 0.184. The third kappa shape index (κ3) is 5.80. The number of nitrogens with one attached hydrogen (secondary N) is 1. The average Bonchev–Trinajstić information content (AvgIpc) is 2.88. The van der Waals surface area contributed by atoms with Crippen molar-refractivity contribution in [3.63, 3.8) is 0 Å². The van der Waals surface area contributed by atoms with Crippen molar-refractivity contribution in [3.8, 4) is 0 Å². The Kier molecular flexibility index (Phi) is 6.96. The van der Waals surface area contributed by atoms with Gasteiger partial charge in [0.05, 0.1) is 31.3 Å². The number of carboxylic acid groups (broad SMARTS) is 1. The monoisotopic (exact) mass is 330 g/mol. The van der Waals surface area contributed by atoms with E-state index in [-0.39, 0.29) is 5.60 Å². The molecule has 1 fully saturated rings. The first-order chi connectivity index (χ1) is 10.7. The van der Waals surface area contributed by atoms with Crippen LogP contribution in [-0.4, -0.2) is 53.9 Å². The highest BCUT2D eigenvalue weighted by molar-refractivity contribution is 5.90. The van der Waals surface area contributed by atoms with Crippen LogP contribution in [0.4, 0.5) is 0 Å². The second-order valence-electron chi connectivity index (χ2n) is 6.19. The normalized spacial score (nSPS) is 20.3. The number of esters is 1. The highest BCUT2D eigenvalue weighted by Gasteiger charge is 2.37. The molecule has 8 heteroatoms. The van der Waals surface area contributed by atoms with Crippen LogP contribution in [0, 0.1) is 0 Å². The zero-order valence-electron chi connectivity index (χ0n) is 13.8. The van der Waals surface area contributed by atoms with Crippen LogP contribution in [0.5, 0.6) is 0 Å². The number of nitrogens with two attached hydrogens (primary N) is 1. The smallest absolute Gasteiger partial charge is 0.331 e. The van der Waals surface area contributed by atoms with E-state index in [1.165, 1.54) is 7.11 Å². The molecule has 0 saturated heterocycles. The van der Waals surface area contributed by atoms with Crippen molar-refractivity contribution in [2.75, 3.05) is 7.11 Å². The molecule has 0 aromatic carbocycles. The van der Waals surface area contributed by atoms with Crippen molar-refractivity contribution in [2.45, 2.75) is 69.7 Å². The number of ether oxygens (including phenoxy) is 2. The molecular weight excluding hydrogens is 304 g/mol. The fourth-order valence-corrected chi connectivity index (χ4v) is 2.79. The van der Waals surface area contributed by atoms with Gasteiger partial charge < -0.3 is 25.6 Å². The molecule has 4 N–H and O–H groups in total. The van der Waals surface area contributed by atoms with Gasteiger partial charge in [0.2, 0.25) is 5.91 Å². The van der Waals surface area contributed by atoms with Gasteiger partial charge in [-0.15, -0.1) is 0 Å². The number of hydrogen-bond donors (Lipinski definition) is 3. The number of carbonyl (C=O) groups excluding carboxylic acids is 2. The number of amides is 1. The van der Waals surface area contributed by atoms with Gasteiger partial charge in [-0.05, 0) is 26.7 Å². The highest BCUT2D eigenvalue weighted by atomic mass is 16.5. The summed E-state index contributed by atoms with van der Waals surface area (Å²) in [5, 5.41) is 11.1. The van der Waals surface area contributed by atoms with Crippen molar-refractivity contribution < 1.29 is 29.0 Å². The second-order valence-corrected chi connectivity index (χ2v) is 6.19. The summed E-state index contributed by atoms with van der Waals surface area (Å²) >= 11 is 0. The Labute approximate surface area is 135 Å².